The van der Waals surface area contributed by atoms with E-state index in [1.165, 1.54) is 0 Å². The molecule has 2 amide bonds. The number of benzene rings is 1. The van der Waals surface area contributed by atoms with Crippen molar-refractivity contribution in [3.8, 4) is 0 Å². The Morgan fingerprint density at radius 3 is 2.80 bits per heavy atom. The first-order chi connectivity index (χ1) is 11.7. The Bertz CT molecular complexity index is 687. The number of nitrogens with one attached hydrogen (secondary N) is 1. The molecule has 0 saturated carbocycles. The van der Waals surface area contributed by atoms with Crippen LogP contribution in [0.5, 0.6) is 0 Å². The van der Waals surface area contributed by atoms with Gasteiger partial charge in [0.25, 0.3) is 0 Å². The minimum atomic E-state index is -0.504. The topological polar surface area (TPSA) is 61.9 Å². The molecule has 0 radical (unpaired) electrons. The summed E-state index contributed by atoms with van der Waals surface area (Å²) < 4.78 is 5.45. The van der Waals surface area contributed by atoms with Crippen molar-refractivity contribution in [3.63, 3.8) is 0 Å². The van der Waals surface area contributed by atoms with Gasteiger partial charge in [0.2, 0.25) is 5.91 Å². The number of amides is 2. The highest BCUT2D eigenvalue weighted by molar-refractivity contribution is 6.31. The van der Waals surface area contributed by atoms with Gasteiger partial charge in [-0.25, -0.2) is 4.79 Å². The largest absolute Gasteiger partial charge is 0.444 e. The Hall–Kier alpha value is -1.79. The predicted octanol–water partition coefficient (Wildman–Crippen LogP) is 3.10. The van der Waals surface area contributed by atoms with E-state index in [9.17, 15) is 9.59 Å². The van der Waals surface area contributed by atoms with E-state index in [4.69, 9.17) is 16.3 Å². The Morgan fingerprint density at radius 2 is 2.08 bits per heavy atom. The van der Waals surface area contributed by atoms with Gasteiger partial charge in [-0.3, -0.25) is 9.69 Å². The maximum absolute atomic E-state index is 12.2. The van der Waals surface area contributed by atoms with E-state index >= 15 is 0 Å². The molecule has 1 fully saturated rings. The van der Waals surface area contributed by atoms with E-state index in [0.29, 0.717) is 31.2 Å². The molecule has 0 bridgehead atoms. The fourth-order valence-electron chi connectivity index (χ4n) is 3.24. The fourth-order valence-corrected chi connectivity index (χ4v) is 3.41. The monoisotopic (exact) mass is 365 g/mol. The Labute approximate surface area is 153 Å². The number of carbonyl (C=O) groups excluding carboxylic acids is 2. The first-order valence-corrected chi connectivity index (χ1v) is 8.89. The SMILES string of the molecule is CC(C)(C)OC(=O)N1CC[C@@H](N2CC(=O)Nc3cc(Cl)ccc3C2)C1. The van der Waals surface area contributed by atoms with Crippen LogP contribution in [0.1, 0.15) is 32.8 Å². The molecule has 0 aromatic heterocycles. The van der Waals surface area contributed by atoms with E-state index in [-0.39, 0.29) is 18.0 Å². The third-order valence-corrected chi connectivity index (χ3v) is 4.63. The Kier molecular flexibility index (Phi) is 4.93. The highest BCUT2D eigenvalue weighted by Gasteiger charge is 2.34. The average molecular weight is 366 g/mol. The second-order valence-corrected chi connectivity index (χ2v) is 8.06. The number of nitrogens with zero attached hydrogens (tertiary/aromatic N) is 2. The summed E-state index contributed by atoms with van der Waals surface area (Å²) in [6, 6.07) is 5.69. The molecular weight excluding hydrogens is 342 g/mol. The number of hydrogen-bond donors (Lipinski definition) is 1. The lowest BCUT2D eigenvalue weighted by Gasteiger charge is -2.27. The number of fused-ring (bicyclic) bond motifs is 1. The molecule has 3 rings (SSSR count). The molecule has 1 saturated heterocycles. The van der Waals surface area contributed by atoms with Crippen LogP contribution in [-0.2, 0) is 16.1 Å². The molecule has 136 valence electrons. The van der Waals surface area contributed by atoms with Gasteiger partial charge >= 0.3 is 6.09 Å². The molecule has 1 atom stereocenters. The maximum atomic E-state index is 12.2. The molecule has 7 heteroatoms. The van der Waals surface area contributed by atoms with E-state index < -0.39 is 5.60 Å². The summed E-state index contributed by atoms with van der Waals surface area (Å²) in [4.78, 5) is 28.3. The summed E-state index contributed by atoms with van der Waals surface area (Å²) in [5.74, 6) is -0.0586. The lowest BCUT2D eigenvalue weighted by atomic mass is 10.1. The van der Waals surface area contributed by atoms with Crippen LogP contribution in [0.2, 0.25) is 5.02 Å². The minimum absolute atomic E-state index is 0.0586. The zero-order valence-corrected chi connectivity index (χ0v) is 15.6. The van der Waals surface area contributed by atoms with Crippen LogP contribution in [0.3, 0.4) is 0 Å². The zero-order chi connectivity index (χ0) is 18.2. The van der Waals surface area contributed by atoms with Crippen molar-refractivity contribution in [3.05, 3.63) is 28.8 Å². The second kappa shape index (κ2) is 6.84. The molecular formula is C18H24ClN3O3. The molecule has 2 aliphatic heterocycles. The van der Waals surface area contributed by atoms with Crippen molar-refractivity contribution in [1.29, 1.82) is 0 Å². The van der Waals surface area contributed by atoms with Crippen LogP contribution in [0.4, 0.5) is 10.5 Å². The molecule has 1 aromatic carbocycles. The van der Waals surface area contributed by atoms with E-state index in [1.54, 1.807) is 11.0 Å². The summed E-state index contributed by atoms with van der Waals surface area (Å²) in [6.07, 6.45) is 0.538. The van der Waals surface area contributed by atoms with Crippen LogP contribution in [0.25, 0.3) is 0 Å². The quantitative estimate of drug-likeness (QED) is 0.830. The van der Waals surface area contributed by atoms with Crippen molar-refractivity contribution in [2.45, 2.75) is 45.4 Å². The number of carbonyl (C=O) groups is 2. The van der Waals surface area contributed by atoms with Crippen molar-refractivity contribution >= 4 is 29.3 Å². The standard InChI is InChI=1S/C18H24ClN3O3/c1-18(2,3)25-17(24)21-7-6-14(10-21)22-9-12-4-5-13(19)8-15(12)20-16(23)11-22/h4-5,8,14H,6-7,9-11H2,1-3H3,(H,20,23)/t14-/m1/s1. The van der Waals surface area contributed by atoms with E-state index in [1.807, 2.05) is 32.9 Å². The van der Waals surface area contributed by atoms with Gasteiger partial charge in [-0.2, -0.15) is 0 Å². The van der Waals surface area contributed by atoms with Gasteiger partial charge in [0, 0.05) is 36.4 Å². The highest BCUT2D eigenvalue weighted by Crippen LogP contribution is 2.27. The number of halogens is 1. The third kappa shape index (κ3) is 4.44. The van der Waals surface area contributed by atoms with Crippen molar-refractivity contribution in [1.82, 2.24) is 9.80 Å². The molecule has 1 aromatic rings. The summed E-state index contributed by atoms with van der Waals surface area (Å²) in [7, 11) is 0. The van der Waals surface area contributed by atoms with Crippen molar-refractivity contribution in [2.75, 3.05) is 25.0 Å². The van der Waals surface area contributed by atoms with Crippen LogP contribution in [-0.4, -0.2) is 53.1 Å². The lowest BCUT2D eigenvalue weighted by Crippen LogP contribution is -2.42. The second-order valence-electron chi connectivity index (χ2n) is 7.62. The maximum Gasteiger partial charge on any atom is 0.410 e. The number of anilines is 1. The number of ether oxygens (including phenoxy) is 1. The molecule has 0 spiro atoms. The van der Waals surface area contributed by atoms with Crippen molar-refractivity contribution in [2.24, 2.45) is 0 Å². The molecule has 1 N–H and O–H groups in total. The highest BCUT2D eigenvalue weighted by atomic mass is 35.5. The van der Waals surface area contributed by atoms with Gasteiger partial charge < -0.3 is 15.0 Å². The number of hydrogen-bond acceptors (Lipinski definition) is 4. The molecule has 6 nitrogen and oxygen atoms in total. The van der Waals surface area contributed by atoms with Gasteiger partial charge in [-0.1, -0.05) is 17.7 Å². The first-order valence-electron chi connectivity index (χ1n) is 8.51. The zero-order valence-electron chi connectivity index (χ0n) is 14.8. The Balaban J connectivity index is 1.69. The number of rotatable bonds is 1. The third-order valence-electron chi connectivity index (χ3n) is 4.40. The summed E-state index contributed by atoms with van der Waals surface area (Å²) in [5, 5.41) is 3.51. The van der Waals surface area contributed by atoms with Crippen LogP contribution in [0.15, 0.2) is 18.2 Å². The van der Waals surface area contributed by atoms with E-state index in [2.05, 4.69) is 10.2 Å². The van der Waals surface area contributed by atoms with Gasteiger partial charge in [-0.05, 0) is 44.9 Å². The van der Waals surface area contributed by atoms with E-state index in [0.717, 1.165) is 17.7 Å². The first kappa shape index (κ1) is 18.0. The van der Waals surface area contributed by atoms with Crippen LogP contribution in [0, 0.1) is 0 Å². The molecule has 2 aliphatic rings. The summed E-state index contributed by atoms with van der Waals surface area (Å²) in [6.45, 7) is 7.76. The van der Waals surface area contributed by atoms with Gasteiger partial charge in [0.05, 0.1) is 6.54 Å². The van der Waals surface area contributed by atoms with Crippen molar-refractivity contribution < 1.29 is 14.3 Å². The van der Waals surface area contributed by atoms with Crippen LogP contribution < -0.4 is 5.32 Å². The summed E-state index contributed by atoms with van der Waals surface area (Å²) >= 11 is 6.02. The average Bonchev–Trinajstić information content (AvgIpc) is 2.91. The van der Waals surface area contributed by atoms with Gasteiger partial charge in [0.15, 0.2) is 0 Å². The van der Waals surface area contributed by atoms with Crippen LogP contribution >= 0.6 is 11.6 Å². The molecule has 0 aliphatic carbocycles. The fraction of sp³-hybridized carbons (Fsp3) is 0.556. The molecule has 25 heavy (non-hydrogen) atoms. The van der Waals surface area contributed by atoms with Gasteiger partial charge in [0.1, 0.15) is 5.60 Å². The molecule has 2 heterocycles. The number of likely N-dealkylation sites (tertiary alicyclic amines) is 1. The normalized spacial score (nSPS) is 21.5. The van der Waals surface area contributed by atoms with Gasteiger partial charge in [-0.15, -0.1) is 0 Å². The lowest BCUT2D eigenvalue weighted by molar-refractivity contribution is -0.117. The Morgan fingerprint density at radius 1 is 1.32 bits per heavy atom. The predicted molar refractivity (Wildman–Crippen MR) is 96.7 cm³/mol. The smallest absolute Gasteiger partial charge is 0.410 e. The summed E-state index contributed by atoms with van der Waals surface area (Å²) in [5.41, 5.74) is 1.29. The minimum Gasteiger partial charge on any atom is -0.444 e. The molecule has 0 unspecified atom stereocenters.